The lowest BCUT2D eigenvalue weighted by atomic mass is 10.2. The summed E-state index contributed by atoms with van der Waals surface area (Å²) in [7, 11) is 0. The SMILES string of the molecule is CC(Oc1ccc(Nc2ncnc3ccccc23)cc1)C1OCCCO1.Cl. The highest BCUT2D eigenvalue weighted by Gasteiger charge is 2.23. The fourth-order valence-electron chi connectivity index (χ4n) is 2.91. The van der Waals surface area contributed by atoms with Crippen LogP contribution in [0.3, 0.4) is 0 Å². The predicted octanol–water partition coefficient (Wildman–Crippen LogP) is 4.33. The Hall–Kier alpha value is -2.41. The molecule has 0 radical (unpaired) electrons. The minimum Gasteiger partial charge on any atom is -0.485 e. The number of fused-ring (bicyclic) bond motifs is 1. The van der Waals surface area contributed by atoms with E-state index in [-0.39, 0.29) is 24.8 Å². The second kappa shape index (κ2) is 8.99. The zero-order chi connectivity index (χ0) is 17.8. The van der Waals surface area contributed by atoms with Gasteiger partial charge in [0.05, 0.1) is 18.7 Å². The molecular weight excluding hydrogens is 366 g/mol. The van der Waals surface area contributed by atoms with E-state index in [1.54, 1.807) is 6.33 Å². The highest BCUT2D eigenvalue weighted by Crippen LogP contribution is 2.25. The molecule has 1 saturated heterocycles. The van der Waals surface area contributed by atoms with Crippen molar-refractivity contribution in [2.75, 3.05) is 18.5 Å². The molecule has 0 aliphatic carbocycles. The fraction of sp³-hybridized carbons (Fsp3) is 0.300. The number of halogens is 1. The van der Waals surface area contributed by atoms with E-state index in [9.17, 15) is 0 Å². The molecule has 1 aromatic heterocycles. The Labute approximate surface area is 164 Å². The van der Waals surface area contributed by atoms with E-state index in [0.29, 0.717) is 13.2 Å². The van der Waals surface area contributed by atoms with Gasteiger partial charge in [0.2, 0.25) is 0 Å². The lowest BCUT2D eigenvalue weighted by Gasteiger charge is -2.28. The van der Waals surface area contributed by atoms with Gasteiger partial charge in [-0.05, 0) is 49.7 Å². The second-order valence-electron chi connectivity index (χ2n) is 6.18. The van der Waals surface area contributed by atoms with Gasteiger partial charge in [-0.1, -0.05) is 12.1 Å². The summed E-state index contributed by atoms with van der Waals surface area (Å²) < 4.78 is 17.1. The largest absolute Gasteiger partial charge is 0.485 e. The molecule has 0 saturated carbocycles. The molecule has 1 fully saturated rings. The highest BCUT2D eigenvalue weighted by molar-refractivity contribution is 5.90. The third-order valence-corrected chi connectivity index (χ3v) is 4.22. The number of nitrogens with one attached hydrogen (secondary N) is 1. The maximum atomic E-state index is 5.93. The van der Waals surface area contributed by atoms with E-state index in [1.165, 1.54) is 0 Å². The van der Waals surface area contributed by atoms with Crippen LogP contribution in [0.4, 0.5) is 11.5 Å². The number of aromatic nitrogens is 2. The normalized spacial score (nSPS) is 15.7. The number of ether oxygens (including phenoxy) is 3. The number of nitrogens with zero attached hydrogens (tertiary/aromatic N) is 2. The summed E-state index contributed by atoms with van der Waals surface area (Å²) in [4.78, 5) is 8.63. The van der Waals surface area contributed by atoms with Crippen molar-refractivity contribution in [1.82, 2.24) is 9.97 Å². The van der Waals surface area contributed by atoms with Crippen LogP contribution in [-0.2, 0) is 9.47 Å². The van der Waals surface area contributed by atoms with Crippen molar-refractivity contribution in [3.63, 3.8) is 0 Å². The smallest absolute Gasteiger partial charge is 0.194 e. The standard InChI is InChI=1S/C20H21N3O3.ClH/c1-14(20-24-11-4-12-25-20)26-16-9-7-15(8-10-16)23-19-17-5-2-3-6-18(17)21-13-22-19;/h2-3,5-10,13-14,20H,4,11-12H2,1H3,(H,21,22,23);1H. The first-order valence-corrected chi connectivity index (χ1v) is 8.76. The summed E-state index contributed by atoms with van der Waals surface area (Å²) in [5.74, 6) is 1.55. The first kappa shape index (κ1) is 19.4. The number of rotatable bonds is 5. The van der Waals surface area contributed by atoms with E-state index < -0.39 is 0 Å². The number of hydrogen-bond acceptors (Lipinski definition) is 6. The van der Waals surface area contributed by atoms with E-state index in [0.717, 1.165) is 34.6 Å². The third-order valence-electron chi connectivity index (χ3n) is 4.22. The van der Waals surface area contributed by atoms with Gasteiger partial charge in [-0.15, -0.1) is 12.4 Å². The molecule has 1 unspecified atom stereocenters. The van der Waals surface area contributed by atoms with Crippen LogP contribution in [0.15, 0.2) is 54.9 Å². The summed E-state index contributed by atoms with van der Waals surface area (Å²) in [6.45, 7) is 3.39. The van der Waals surface area contributed by atoms with Gasteiger partial charge in [-0.3, -0.25) is 0 Å². The third kappa shape index (κ3) is 4.66. The maximum absolute atomic E-state index is 5.93. The van der Waals surface area contributed by atoms with Crippen molar-refractivity contribution in [2.45, 2.75) is 25.7 Å². The molecule has 0 bridgehead atoms. The van der Waals surface area contributed by atoms with Crippen molar-refractivity contribution in [2.24, 2.45) is 0 Å². The number of hydrogen-bond donors (Lipinski definition) is 1. The summed E-state index contributed by atoms with van der Waals surface area (Å²) in [6.07, 6.45) is 2.02. The zero-order valence-electron chi connectivity index (χ0n) is 15.0. The van der Waals surface area contributed by atoms with Gasteiger partial charge in [0.15, 0.2) is 6.29 Å². The average Bonchev–Trinajstić information content (AvgIpc) is 2.70. The van der Waals surface area contributed by atoms with Crippen LogP contribution >= 0.6 is 12.4 Å². The molecule has 1 aliphatic heterocycles. The molecule has 1 N–H and O–H groups in total. The Morgan fingerprint density at radius 1 is 1.04 bits per heavy atom. The Morgan fingerprint density at radius 3 is 2.56 bits per heavy atom. The fourth-order valence-corrected chi connectivity index (χ4v) is 2.91. The molecule has 27 heavy (non-hydrogen) atoms. The topological polar surface area (TPSA) is 65.5 Å². The predicted molar refractivity (Wildman–Crippen MR) is 107 cm³/mol. The maximum Gasteiger partial charge on any atom is 0.194 e. The van der Waals surface area contributed by atoms with Gasteiger partial charge in [0.1, 0.15) is 24.0 Å². The van der Waals surface area contributed by atoms with Gasteiger partial charge >= 0.3 is 0 Å². The summed E-state index contributed by atoms with van der Waals surface area (Å²) in [5, 5.41) is 4.32. The van der Waals surface area contributed by atoms with Crippen LogP contribution in [0, 0.1) is 0 Å². The van der Waals surface area contributed by atoms with Gasteiger partial charge in [0, 0.05) is 11.1 Å². The molecule has 0 amide bonds. The number of para-hydroxylation sites is 1. The second-order valence-corrected chi connectivity index (χ2v) is 6.18. The van der Waals surface area contributed by atoms with Gasteiger partial charge in [-0.25, -0.2) is 9.97 Å². The van der Waals surface area contributed by atoms with Gasteiger partial charge in [0.25, 0.3) is 0 Å². The van der Waals surface area contributed by atoms with E-state index in [2.05, 4.69) is 15.3 Å². The zero-order valence-corrected chi connectivity index (χ0v) is 15.8. The monoisotopic (exact) mass is 387 g/mol. The first-order chi connectivity index (χ1) is 12.8. The van der Waals surface area contributed by atoms with Crippen LogP contribution in [0.25, 0.3) is 10.9 Å². The Bertz CT molecular complexity index is 864. The average molecular weight is 388 g/mol. The lowest BCUT2D eigenvalue weighted by Crippen LogP contribution is -2.37. The van der Waals surface area contributed by atoms with Crippen LogP contribution in [-0.4, -0.2) is 35.6 Å². The van der Waals surface area contributed by atoms with Crippen LogP contribution < -0.4 is 10.1 Å². The van der Waals surface area contributed by atoms with Crippen LogP contribution in [0.1, 0.15) is 13.3 Å². The Kier molecular flexibility index (Phi) is 6.45. The lowest BCUT2D eigenvalue weighted by molar-refractivity contribution is -0.213. The highest BCUT2D eigenvalue weighted by atomic mass is 35.5. The molecule has 7 heteroatoms. The molecule has 2 aromatic carbocycles. The molecule has 6 nitrogen and oxygen atoms in total. The summed E-state index contributed by atoms with van der Waals surface area (Å²) in [6, 6.07) is 15.7. The summed E-state index contributed by atoms with van der Waals surface area (Å²) >= 11 is 0. The molecule has 3 aromatic rings. The minimum atomic E-state index is -0.311. The van der Waals surface area contributed by atoms with Crippen LogP contribution in [0.2, 0.25) is 0 Å². The van der Waals surface area contributed by atoms with Gasteiger partial charge < -0.3 is 19.5 Å². The Morgan fingerprint density at radius 2 is 1.78 bits per heavy atom. The van der Waals surface area contributed by atoms with Crippen molar-refractivity contribution >= 4 is 34.8 Å². The van der Waals surface area contributed by atoms with Crippen molar-refractivity contribution in [1.29, 1.82) is 0 Å². The quantitative estimate of drug-likeness (QED) is 0.703. The van der Waals surface area contributed by atoms with Crippen molar-refractivity contribution in [3.05, 3.63) is 54.9 Å². The van der Waals surface area contributed by atoms with E-state index in [4.69, 9.17) is 14.2 Å². The molecule has 142 valence electrons. The number of anilines is 2. The van der Waals surface area contributed by atoms with Crippen molar-refractivity contribution in [3.8, 4) is 5.75 Å². The van der Waals surface area contributed by atoms with Gasteiger partial charge in [-0.2, -0.15) is 0 Å². The van der Waals surface area contributed by atoms with E-state index >= 15 is 0 Å². The first-order valence-electron chi connectivity index (χ1n) is 8.76. The summed E-state index contributed by atoms with van der Waals surface area (Å²) in [5.41, 5.74) is 1.84. The van der Waals surface area contributed by atoms with Crippen molar-refractivity contribution < 1.29 is 14.2 Å². The molecule has 1 aliphatic rings. The molecular formula is C20H22ClN3O3. The molecule has 4 rings (SSSR count). The van der Waals surface area contributed by atoms with Crippen LogP contribution in [0.5, 0.6) is 5.75 Å². The van der Waals surface area contributed by atoms with E-state index in [1.807, 2.05) is 55.5 Å². The Balaban J connectivity index is 0.00000210. The molecule has 1 atom stereocenters. The molecule has 0 spiro atoms. The molecule has 2 heterocycles. The number of benzene rings is 2. The minimum absolute atomic E-state index is 0.